The average molecular weight is 518 g/mol. The van der Waals surface area contributed by atoms with Gasteiger partial charge in [0, 0.05) is 36.7 Å². The lowest BCUT2D eigenvalue weighted by Crippen LogP contribution is -2.35. The molecule has 3 heterocycles. The highest BCUT2D eigenvalue weighted by atomic mass is 79.9. The van der Waals surface area contributed by atoms with Gasteiger partial charge in [0.1, 0.15) is 10.4 Å². The van der Waals surface area contributed by atoms with Gasteiger partial charge in [-0.05, 0) is 64.9 Å². The van der Waals surface area contributed by atoms with Crippen LogP contribution in [0.4, 0.5) is 0 Å². The quantitative estimate of drug-likeness (QED) is 0.422. The van der Waals surface area contributed by atoms with Crippen molar-refractivity contribution >= 4 is 43.8 Å². The number of hydrogen-bond acceptors (Lipinski definition) is 6. The molecule has 1 fully saturated rings. The summed E-state index contributed by atoms with van der Waals surface area (Å²) in [6.07, 6.45) is 7.18. The molecule has 1 saturated carbocycles. The summed E-state index contributed by atoms with van der Waals surface area (Å²) in [5.41, 5.74) is 2.86. The Hall–Kier alpha value is -3.38. The Labute approximate surface area is 205 Å². The summed E-state index contributed by atoms with van der Waals surface area (Å²) in [5, 5.41) is 18.6. The molecule has 1 aliphatic rings. The number of rotatable bonds is 5. The fraction of sp³-hybridized carbons (Fsp3) is 0.360. The summed E-state index contributed by atoms with van der Waals surface area (Å²) < 4.78 is 2.46. The highest BCUT2D eigenvalue weighted by Crippen LogP contribution is 2.42. The van der Waals surface area contributed by atoms with Crippen LogP contribution in [0.25, 0.3) is 27.6 Å². The van der Waals surface area contributed by atoms with Gasteiger partial charge in [0.15, 0.2) is 5.65 Å². The van der Waals surface area contributed by atoms with Crippen molar-refractivity contribution in [3.63, 3.8) is 0 Å². The molecular weight excluding hydrogens is 494 g/mol. The summed E-state index contributed by atoms with van der Waals surface area (Å²) in [6, 6.07) is 10.1. The van der Waals surface area contributed by atoms with Gasteiger partial charge < -0.3 is 5.32 Å². The Morgan fingerprint density at radius 3 is 3.03 bits per heavy atom. The number of carbonyl (C=O) groups is 1. The molecule has 1 aliphatic carbocycles. The largest absolute Gasteiger partial charge is 0.359 e. The summed E-state index contributed by atoms with van der Waals surface area (Å²) in [6.45, 7) is 2.04. The van der Waals surface area contributed by atoms with Crippen LogP contribution in [0.15, 0.2) is 41.3 Å². The number of aromatic nitrogens is 5. The van der Waals surface area contributed by atoms with Crippen molar-refractivity contribution in [3.05, 3.63) is 52.7 Å². The standard InChI is InChI=1S/C25H24BrN7O/c1-25(24(34)28-2)7-5-15(13-25)10-20-30-14-19-22(26)32-33(23(19)31-20)18-11-16-4-3-9-29-21(16)17(12-18)6-8-27/h3-4,9,11-12,14-15H,5-7,10,13H2,1-2H3,(H,28,34)/t15-,25+/m0/s1. The number of nitrogens with zero attached hydrogens (tertiary/aromatic N) is 6. The van der Waals surface area contributed by atoms with Gasteiger partial charge in [0.2, 0.25) is 5.91 Å². The Morgan fingerprint density at radius 1 is 1.38 bits per heavy atom. The van der Waals surface area contributed by atoms with Crippen LogP contribution in [-0.2, 0) is 17.6 Å². The van der Waals surface area contributed by atoms with Crippen molar-refractivity contribution in [2.24, 2.45) is 11.3 Å². The average Bonchev–Trinajstić information content (AvgIpc) is 3.38. The summed E-state index contributed by atoms with van der Waals surface area (Å²) in [4.78, 5) is 26.2. The predicted molar refractivity (Wildman–Crippen MR) is 132 cm³/mol. The van der Waals surface area contributed by atoms with Gasteiger partial charge in [-0.1, -0.05) is 13.0 Å². The minimum atomic E-state index is -0.329. The van der Waals surface area contributed by atoms with Crippen LogP contribution in [0, 0.1) is 22.7 Å². The number of nitriles is 1. The van der Waals surface area contributed by atoms with Crippen LogP contribution in [0.5, 0.6) is 0 Å². The third-order valence-corrected chi connectivity index (χ3v) is 7.39. The van der Waals surface area contributed by atoms with Crippen LogP contribution in [-0.4, -0.2) is 37.7 Å². The number of amides is 1. The van der Waals surface area contributed by atoms with Crippen LogP contribution < -0.4 is 5.32 Å². The Balaban J connectivity index is 1.52. The molecule has 3 aromatic heterocycles. The van der Waals surface area contributed by atoms with E-state index in [1.807, 2.05) is 31.2 Å². The molecule has 0 aliphatic heterocycles. The molecule has 4 aromatic rings. The molecule has 2 atom stereocenters. The van der Waals surface area contributed by atoms with Gasteiger partial charge in [-0.3, -0.25) is 9.78 Å². The van der Waals surface area contributed by atoms with Gasteiger partial charge in [0.25, 0.3) is 0 Å². The zero-order valence-corrected chi connectivity index (χ0v) is 20.6. The maximum Gasteiger partial charge on any atom is 0.225 e. The minimum Gasteiger partial charge on any atom is -0.359 e. The Kier molecular flexibility index (Phi) is 5.78. The van der Waals surface area contributed by atoms with E-state index in [1.165, 1.54) is 0 Å². The highest BCUT2D eigenvalue weighted by molar-refractivity contribution is 9.10. The Morgan fingerprint density at radius 2 is 2.24 bits per heavy atom. The van der Waals surface area contributed by atoms with E-state index >= 15 is 0 Å². The van der Waals surface area contributed by atoms with Crippen molar-refractivity contribution in [1.82, 2.24) is 30.0 Å². The molecule has 8 nitrogen and oxygen atoms in total. The monoisotopic (exact) mass is 517 g/mol. The SMILES string of the molecule is CNC(=O)[C@]1(C)CC[C@@H](Cc2ncc3c(Br)nn(-c4cc(CC#N)c5ncccc5c4)c3n2)C1. The molecule has 172 valence electrons. The van der Waals surface area contributed by atoms with Gasteiger partial charge in [-0.15, -0.1) is 0 Å². The maximum atomic E-state index is 12.3. The first-order valence-corrected chi connectivity index (χ1v) is 12.1. The molecule has 9 heteroatoms. The lowest BCUT2D eigenvalue weighted by Gasteiger charge is -2.21. The van der Waals surface area contributed by atoms with Gasteiger partial charge in [0.05, 0.1) is 29.1 Å². The second-order valence-corrected chi connectivity index (χ2v) is 9.94. The smallest absolute Gasteiger partial charge is 0.225 e. The molecule has 1 aromatic carbocycles. The topological polar surface area (TPSA) is 109 Å². The number of carbonyl (C=O) groups excluding carboxylic acids is 1. The first-order chi connectivity index (χ1) is 16.4. The van der Waals surface area contributed by atoms with Crippen LogP contribution >= 0.6 is 15.9 Å². The lowest BCUT2D eigenvalue weighted by atomic mass is 9.86. The first kappa shape index (κ1) is 22.4. The molecule has 1 N–H and O–H groups in total. The van der Waals surface area contributed by atoms with E-state index in [0.717, 1.165) is 52.6 Å². The van der Waals surface area contributed by atoms with Crippen molar-refractivity contribution in [2.75, 3.05) is 7.05 Å². The van der Waals surface area contributed by atoms with Gasteiger partial charge in [-0.25, -0.2) is 14.6 Å². The third-order valence-electron chi connectivity index (χ3n) is 6.80. The number of halogens is 1. The summed E-state index contributed by atoms with van der Waals surface area (Å²) in [7, 11) is 1.70. The predicted octanol–water partition coefficient (Wildman–Crippen LogP) is 4.29. The second-order valence-electron chi connectivity index (χ2n) is 9.19. The van der Waals surface area contributed by atoms with Crippen molar-refractivity contribution in [3.8, 4) is 11.8 Å². The lowest BCUT2D eigenvalue weighted by molar-refractivity contribution is -0.129. The van der Waals surface area contributed by atoms with E-state index in [2.05, 4.69) is 42.4 Å². The molecule has 0 radical (unpaired) electrons. The van der Waals surface area contributed by atoms with Crippen LogP contribution in [0.1, 0.15) is 37.6 Å². The van der Waals surface area contributed by atoms with Crippen LogP contribution in [0.2, 0.25) is 0 Å². The minimum absolute atomic E-state index is 0.104. The van der Waals surface area contributed by atoms with E-state index in [-0.39, 0.29) is 17.7 Å². The molecule has 0 saturated heterocycles. The number of benzene rings is 1. The molecule has 5 rings (SSSR count). The molecular formula is C25H24BrN7O. The maximum absolute atomic E-state index is 12.3. The molecule has 34 heavy (non-hydrogen) atoms. The van der Waals surface area contributed by atoms with Crippen molar-refractivity contribution < 1.29 is 4.79 Å². The number of fused-ring (bicyclic) bond motifs is 2. The van der Waals surface area contributed by atoms with Gasteiger partial charge >= 0.3 is 0 Å². The van der Waals surface area contributed by atoms with E-state index in [1.54, 1.807) is 24.1 Å². The summed E-state index contributed by atoms with van der Waals surface area (Å²) in [5.74, 6) is 1.20. The van der Waals surface area contributed by atoms with Crippen molar-refractivity contribution in [2.45, 2.75) is 39.0 Å². The molecule has 0 spiro atoms. The first-order valence-electron chi connectivity index (χ1n) is 11.3. The molecule has 1 amide bonds. The van der Waals surface area contributed by atoms with Crippen LogP contribution in [0.3, 0.4) is 0 Å². The summed E-state index contributed by atoms with van der Waals surface area (Å²) >= 11 is 3.54. The highest BCUT2D eigenvalue weighted by Gasteiger charge is 2.40. The Bertz CT molecular complexity index is 1460. The molecule has 0 bridgehead atoms. The second kappa shape index (κ2) is 8.76. The zero-order valence-electron chi connectivity index (χ0n) is 19.0. The fourth-order valence-corrected chi connectivity index (χ4v) is 5.52. The molecule has 0 unspecified atom stereocenters. The fourth-order valence-electron chi connectivity index (χ4n) is 5.08. The number of hydrogen-bond donors (Lipinski definition) is 1. The van der Waals surface area contributed by atoms with Gasteiger partial charge in [-0.2, -0.15) is 10.4 Å². The van der Waals surface area contributed by atoms with E-state index in [9.17, 15) is 10.1 Å². The zero-order chi connectivity index (χ0) is 23.9. The normalized spacial score (nSPS) is 20.0. The number of nitrogens with one attached hydrogen (secondary N) is 1. The van der Waals surface area contributed by atoms with E-state index < -0.39 is 0 Å². The van der Waals surface area contributed by atoms with E-state index in [0.29, 0.717) is 22.6 Å². The van der Waals surface area contributed by atoms with E-state index in [4.69, 9.17) is 4.98 Å². The number of pyridine rings is 1. The third kappa shape index (κ3) is 3.92. The van der Waals surface area contributed by atoms with Crippen molar-refractivity contribution in [1.29, 1.82) is 5.26 Å².